The fourth-order valence-corrected chi connectivity index (χ4v) is 8.80. The van der Waals surface area contributed by atoms with Gasteiger partial charge in [-0.3, -0.25) is 4.57 Å². The van der Waals surface area contributed by atoms with Gasteiger partial charge < -0.3 is 4.57 Å². The van der Waals surface area contributed by atoms with Crippen molar-refractivity contribution in [2.75, 3.05) is 0 Å². The van der Waals surface area contributed by atoms with Crippen LogP contribution in [0.15, 0.2) is 170 Å². The number of benzene rings is 8. The summed E-state index contributed by atoms with van der Waals surface area (Å²) in [4.78, 5) is 10.1. The van der Waals surface area contributed by atoms with Crippen molar-refractivity contribution >= 4 is 65.3 Å². The standard InChI is InChI=1S/C50H31F3N4/c1-30-25-28-40(50(51,52)53)39(29-30)48-54-47-33-16-6-5-13-31(33)26-27-38(47)49(55-48)57-42-22-10-8-18-37(42)46-35(20-12-24-44(46)57)34-19-11-23-43-45(34)36-17-7-9-21-41(36)56(43)32-14-3-2-4-15-32/h2-29H,1H3. The van der Waals surface area contributed by atoms with Crippen LogP contribution in [0.25, 0.3) is 99.3 Å². The Kier molecular flexibility index (Phi) is 7.19. The molecule has 0 aliphatic carbocycles. The van der Waals surface area contributed by atoms with Crippen LogP contribution in [0.1, 0.15) is 11.1 Å². The summed E-state index contributed by atoms with van der Waals surface area (Å²) in [6.45, 7) is 1.79. The number of aryl methyl sites for hydroxylation is 1. The first-order valence-corrected chi connectivity index (χ1v) is 18.8. The lowest BCUT2D eigenvalue weighted by atomic mass is 9.95. The van der Waals surface area contributed by atoms with Crippen LogP contribution in [-0.4, -0.2) is 19.1 Å². The summed E-state index contributed by atoms with van der Waals surface area (Å²) in [5, 5.41) is 6.83. The van der Waals surface area contributed by atoms with E-state index in [9.17, 15) is 13.2 Å². The van der Waals surface area contributed by atoms with Gasteiger partial charge in [0.05, 0.1) is 33.1 Å². The Morgan fingerprint density at radius 3 is 1.72 bits per heavy atom. The van der Waals surface area contributed by atoms with E-state index in [-0.39, 0.29) is 11.4 Å². The molecule has 3 heterocycles. The molecule has 8 aromatic carbocycles. The number of aromatic nitrogens is 4. The second-order valence-electron chi connectivity index (χ2n) is 14.5. The van der Waals surface area contributed by atoms with E-state index in [1.165, 1.54) is 12.1 Å². The molecule has 0 bridgehead atoms. The van der Waals surface area contributed by atoms with Gasteiger partial charge in [0.2, 0.25) is 0 Å². The summed E-state index contributed by atoms with van der Waals surface area (Å²) in [6, 6.07) is 55.9. The summed E-state index contributed by atoms with van der Waals surface area (Å²) in [6.07, 6.45) is -4.60. The highest BCUT2D eigenvalue weighted by atomic mass is 19.4. The fraction of sp³-hybridized carbons (Fsp3) is 0.0400. The van der Waals surface area contributed by atoms with Crippen molar-refractivity contribution in [3.8, 4) is 34.0 Å². The number of alkyl halides is 3. The highest BCUT2D eigenvalue weighted by Gasteiger charge is 2.35. The first-order chi connectivity index (χ1) is 27.8. The van der Waals surface area contributed by atoms with Crippen LogP contribution in [0, 0.1) is 6.92 Å². The van der Waals surface area contributed by atoms with E-state index in [4.69, 9.17) is 9.97 Å². The van der Waals surface area contributed by atoms with Gasteiger partial charge in [0, 0.05) is 43.6 Å². The number of nitrogens with zero attached hydrogens (tertiary/aromatic N) is 4. The third-order valence-corrected chi connectivity index (χ3v) is 11.2. The molecule has 0 amide bonds. The van der Waals surface area contributed by atoms with Crippen molar-refractivity contribution in [2.24, 2.45) is 0 Å². The molecule has 57 heavy (non-hydrogen) atoms. The molecule has 0 unspecified atom stereocenters. The van der Waals surface area contributed by atoms with Crippen molar-refractivity contribution in [1.29, 1.82) is 0 Å². The zero-order valence-electron chi connectivity index (χ0n) is 30.6. The van der Waals surface area contributed by atoms with Crippen LogP contribution in [-0.2, 0) is 6.18 Å². The van der Waals surface area contributed by atoms with Gasteiger partial charge >= 0.3 is 6.18 Å². The Morgan fingerprint density at radius 2 is 1.04 bits per heavy atom. The molecule has 0 N–H and O–H groups in total. The number of hydrogen-bond donors (Lipinski definition) is 0. The minimum atomic E-state index is -4.60. The van der Waals surface area contributed by atoms with E-state index < -0.39 is 11.7 Å². The van der Waals surface area contributed by atoms with Crippen LogP contribution < -0.4 is 0 Å². The quantitative estimate of drug-likeness (QED) is 0.168. The molecule has 11 aromatic rings. The molecule has 272 valence electrons. The highest BCUT2D eigenvalue weighted by molar-refractivity contribution is 6.22. The van der Waals surface area contributed by atoms with Gasteiger partial charge in [-0.25, -0.2) is 9.97 Å². The fourth-order valence-electron chi connectivity index (χ4n) is 8.80. The second-order valence-corrected chi connectivity index (χ2v) is 14.5. The van der Waals surface area contributed by atoms with Crippen molar-refractivity contribution in [3.63, 3.8) is 0 Å². The smallest absolute Gasteiger partial charge is 0.309 e. The summed E-state index contributed by atoms with van der Waals surface area (Å²) in [5.41, 5.74) is 7.64. The monoisotopic (exact) mass is 744 g/mol. The molecule has 0 aliphatic heterocycles. The van der Waals surface area contributed by atoms with Gasteiger partial charge in [0.15, 0.2) is 5.82 Å². The zero-order chi connectivity index (χ0) is 38.4. The Hall–Kier alpha value is -7.25. The van der Waals surface area contributed by atoms with E-state index in [1.807, 2.05) is 54.6 Å². The van der Waals surface area contributed by atoms with Crippen LogP contribution in [0.3, 0.4) is 0 Å². The lowest BCUT2D eigenvalue weighted by molar-refractivity contribution is -0.137. The SMILES string of the molecule is Cc1ccc(C(F)(F)F)c(-c2nc(-n3c4ccccc4c4c(-c5cccc6c5c5ccccc5n6-c5ccccc5)cccc43)c3ccc4ccccc4c3n2)c1. The summed E-state index contributed by atoms with van der Waals surface area (Å²) >= 11 is 0. The normalized spacial score (nSPS) is 12.2. The molecule has 11 rings (SSSR count). The first-order valence-electron chi connectivity index (χ1n) is 18.8. The minimum absolute atomic E-state index is 0.0189. The molecule has 0 fully saturated rings. The molecule has 0 aliphatic rings. The Morgan fingerprint density at radius 1 is 0.456 bits per heavy atom. The average molecular weight is 745 g/mol. The number of hydrogen-bond acceptors (Lipinski definition) is 2. The van der Waals surface area contributed by atoms with Crippen molar-refractivity contribution in [1.82, 2.24) is 19.1 Å². The van der Waals surface area contributed by atoms with E-state index in [0.29, 0.717) is 16.9 Å². The predicted octanol–water partition coefficient (Wildman–Crippen LogP) is 13.6. The van der Waals surface area contributed by atoms with Gasteiger partial charge in [-0.05, 0) is 78.0 Å². The minimum Gasteiger partial charge on any atom is -0.309 e. The topological polar surface area (TPSA) is 35.6 Å². The van der Waals surface area contributed by atoms with Crippen LogP contribution in [0.5, 0.6) is 0 Å². The van der Waals surface area contributed by atoms with Crippen LogP contribution in [0.2, 0.25) is 0 Å². The maximum Gasteiger partial charge on any atom is 0.417 e. The van der Waals surface area contributed by atoms with E-state index in [1.54, 1.807) is 6.92 Å². The molecule has 3 aromatic heterocycles. The number of para-hydroxylation sites is 3. The van der Waals surface area contributed by atoms with Gasteiger partial charge in [-0.2, -0.15) is 13.2 Å². The molecule has 0 saturated heterocycles. The van der Waals surface area contributed by atoms with Crippen molar-refractivity contribution < 1.29 is 13.2 Å². The average Bonchev–Trinajstić information content (AvgIpc) is 3.76. The maximum absolute atomic E-state index is 14.7. The summed E-state index contributed by atoms with van der Waals surface area (Å²) < 4.78 is 48.4. The van der Waals surface area contributed by atoms with Gasteiger partial charge in [-0.1, -0.05) is 121 Å². The highest BCUT2D eigenvalue weighted by Crippen LogP contribution is 2.45. The van der Waals surface area contributed by atoms with Gasteiger partial charge in [0.1, 0.15) is 5.82 Å². The van der Waals surface area contributed by atoms with Crippen molar-refractivity contribution in [3.05, 3.63) is 181 Å². The van der Waals surface area contributed by atoms with E-state index >= 15 is 0 Å². The van der Waals surface area contributed by atoms with Crippen molar-refractivity contribution in [2.45, 2.75) is 13.1 Å². The number of fused-ring (bicyclic) bond motifs is 9. The van der Waals surface area contributed by atoms with E-state index in [2.05, 4.69) is 106 Å². The largest absolute Gasteiger partial charge is 0.417 e. The lowest BCUT2D eigenvalue weighted by Crippen LogP contribution is -2.10. The predicted molar refractivity (Wildman–Crippen MR) is 226 cm³/mol. The second kappa shape index (κ2) is 12.4. The molecule has 0 atom stereocenters. The summed E-state index contributed by atoms with van der Waals surface area (Å²) in [5.74, 6) is 0.531. The third-order valence-electron chi connectivity index (χ3n) is 11.2. The summed E-state index contributed by atoms with van der Waals surface area (Å²) in [7, 11) is 0. The molecule has 0 radical (unpaired) electrons. The first kappa shape index (κ1) is 33.1. The maximum atomic E-state index is 14.7. The molecular formula is C50H31F3N4. The third kappa shape index (κ3) is 5.02. The number of rotatable bonds is 4. The van der Waals surface area contributed by atoms with Crippen LogP contribution >= 0.6 is 0 Å². The molecule has 0 spiro atoms. The Balaban J connectivity index is 1.26. The zero-order valence-corrected chi connectivity index (χ0v) is 30.6. The molecule has 0 saturated carbocycles. The Bertz CT molecular complexity index is 3410. The molecular weight excluding hydrogens is 714 g/mol. The molecule has 7 heteroatoms. The van der Waals surface area contributed by atoms with Crippen LogP contribution in [0.4, 0.5) is 13.2 Å². The van der Waals surface area contributed by atoms with Gasteiger partial charge in [0.25, 0.3) is 0 Å². The van der Waals surface area contributed by atoms with Gasteiger partial charge in [-0.15, -0.1) is 0 Å². The molecule has 4 nitrogen and oxygen atoms in total. The number of halogens is 3. The lowest BCUT2D eigenvalue weighted by Gasteiger charge is -2.17. The Labute approximate surface area is 324 Å². The van der Waals surface area contributed by atoms with E-state index in [0.717, 1.165) is 82.7 Å².